The molecule has 2 fully saturated rings. The molecule has 0 heterocycles. The maximum atomic E-state index is 12.7. The second kappa shape index (κ2) is 8.09. The van der Waals surface area contributed by atoms with Gasteiger partial charge in [-0.15, -0.1) is 0 Å². The number of amides is 1. The van der Waals surface area contributed by atoms with E-state index in [0.717, 1.165) is 31.2 Å². The van der Waals surface area contributed by atoms with Crippen LogP contribution in [0.15, 0.2) is 24.3 Å². The number of hydrogen-bond acceptors (Lipinski definition) is 3. The predicted octanol–water partition coefficient (Wildman–Crippen LogP) is 3.96. The van der Waals surface area contributed by atoms with E-state index in [4.69, 9.17) is 10.5 Å². The largest absolute Gasteiger partial charge is 0.484 e. The topological polar surface area (TPSA) is 64.4 Å². The molecule has 0 saturated heterocycles. The Labute approximate surface area is 157 Å². The average molecular weight is 384 g/mol. The van der Waals surface area contributed by atoms with Gasteiger partial charge in [0, 0.05) is 12.0 Å². The molecule has 3 N–H and O–H groups in total. The number of fused-ring (bicyclic) bond motifs is 2. The summed E-state index contributed by atoms with van der Waals surface area (Å²) < 4.78 is 41.3. The molecule has 2 bridgehead atoms. The number of ether oxygens (including phenoxy) is 1. The third-order valence-corrected chi connectivity index (χ3v) is 5.93. The van der Waals surface area contributed by atoms with E-state index in [1.54, 1.807) is 12.1 Å². The lowest BCUT2D eigenvalue weighted by Gasteiger charge is -2.43. The van der Waals surface area contributed by atoms with Crippen LogP contribution in [0.3, 0.4) is 0 Å². The van der Waals surface area contributed by atoms with Crippen LogP contribution in [0.5, 0.6) is 5.75 Å². The summed E-state index contributed by atoms with van der Waals surface area (Å²) in [5.41, 5.74) is 7.12. The highest BCUT2D eigenvalue weighted by Gasteiger charge is 2.40. The van der Waals surface area contributed by atoms with Crippen LogP contribution in [0.25, 0.3) is 0 Å². The summed E-state index contributed by atoms with van der Waals surface area (Å²) in [6.07, 6.45) is 0.755. The summed E-state index contributed by atoms with van der Waals surface area (Å²) in [5, 5.41) is 3.05. The third-order valence-electron chi connectivity index (χ3n) is 5.93. The minimum absolute atomic E-state index is 0.00283. The van der Waals surface area contributed by atoms with Crippen molar-refractivity contribution in [3.63, 3.8) is 0 Å². The zero-order valence-corrected chi connectivity index (χ0v) is 15.5. The number of rotatable bonds is 5. The van der Waals surface area contributed by atoms with E-state index in [1.807, 2.05) is 6.92 Å². The van der Waals surface area contributed by atoms with Crippen LogP contribution in [-0.4, -0.2) is 24.7 Å². The molecular weight excluding hydrogens is 357 g/mol. The summed E-state index contributed by atoms with van der Waals surface area (Å²) in [4.78, 5) is 12.7. The lowest BCUT2D eigenvalue weighted by atomic mass is 9.65. The number of hydrogen-bond donors (Lipinski definition) is 2. The molecule has 150 valence electrons. The van der Waals surface area contributed by atoms with Crippen molar-refractivity contribution in [3.8, 4) is 5.75 Å². The van der Waals surface area contributed by atoms with Gasteiger partial charge in [0.05, 0.1) is 6.04 Å². The molecule has 0 radical (unpaired) electrons. The second-order valence-corrected chi connectivity index (χ2v) is 7.90. The highest BCUT2D eigenvalue weighted by molar-refractivity contribution is 5.79. The number of nitrogens with one attached hydrogen (secondary N) is 1. The summed E-state index contributed by atoms with van der Waals surface area (Å²) in [6.45, 7) is 0.559. The zero-order chi connectivity index (χ0) is 19.6. The standard InChI is InChI=1S/C20H27F3N2O2/c1-12(13-5-7-17(8-6-13)27-11-20(21,22)23)25-19(26)16-9-14-3-2-4-15(10-16)18(14)24/h5-8,12,14-16,18H,2-4,9-11,24H2,1H3,(H,25,26). The molecular formula is C20H27F3N2O2. The monoisotopic (exact) mass is 384 g/mol. The van der Waals surface area contributed by atoms with Gasteiger partial charge in [0.1, 0.15) is 5.75 Å². The Morgan fingerprint density at radius 1 is 1.22 bits per heavy atom. The third kappa shape index (κ3) is 5.15. The number of halogens is 3. The molecule has 2 saturated carbocycles. The van der Waals surface area contributed by atoms with Gasteiger partial charge in [0.2, 0.25) is 5.91 Å². The first kappa shape index (κ1) is 20.0. The maximum Gasteiger partial charge on any atom is 0.422 e. The Hall–Kier alpha value is -1.76. The summed E-state index contributed by atoms with van der Waals surface area (Å²) in [5.74, 6) is 1.08. The van der Waals surface area contributed by atoms with Gasteiger partial charge in [0.25, 0.3) is 0 Å². The fourth-order valence-electron chi connectivity index (χ4n) is 4.44. The molecule has 3 atom stereocenters. The molecule has 0 spiro atoms. The average Bonchev–Trinajstić information content (AvgIpc) is 2.59. The molecule has 2 aliphatic carbocycles. The van der Waals surface area contributed by atoms with Crippen LogP contribution < -0.4 is 15.8 Å². The fraction of sp³-hybridized carbons (Fsp3) is 0.650. The van der Waals surface area contributed by atoms with E-state index in [1.165, 1.54) is 18.6 Å². The molecule has 1 aromatic carbocycles. The van der Waals surface area contributed by atoms with Gasteiger partial charge in [-0.05, 0) is 62.1 Å². The maximum absolute atomic E-state index is 12.7. The molecule has 0 aromatic heterocycles. The van der Waals surface area contributed by atoms with Crippen molar-refractivity contribution < 1.29 is 22.7 Å². The van der Waals surface area contributed by atoms with Gasteiger partial charge in [-0.3, -0.25) is 4.79 Å². The molecule has 7 heteroatoms. The highest BCUT2D eigenvalue weighted by Crippen LogP contribution is 2.42. The van der Waals surface area contributed by atoms with Crippen LogP contribution in [0, 0.1) is 17.8 Å². The van der Waals surface area contributed by atoms with Crippen molar-refractivity contribution in [1.82, 2.24) is 5.32 Å². The second-order valence-electron chi connectivity index (χ2n) is 7.90. The van der Waals surface area contributed by atoms with Gasteiger partial charge in [0.15, 0.2) is 6.61 Å². The number of nitrogens with two attached hydrogens (primary N) is 1. The molecule has 3 rings (SSSR count). The minimum atomic E-state index is -4.36. The molecule has 27 heavy (non-hydrogen) atoms. The molecule has 3 unspecified atom stereocenters. The Morgan fingerprint density at radius 2 is 1.81 bits per heavy atom. The normalized spacial score (nSPS) is 29.1. The Bertz CT molecular complexity index is 634. The van der Waals surface area contributed by atoms with Crippen molar-refractivity contribution in [2.24, 2.45) is 23.5 Å². The van der Waals surface area contributed by atoms with Crippen molar-refractivity contribution in [2.45, 2.75) is 57.3 Å². The first-order chi connectivity index (χ1) is 12.7. The van der Waals surface area contributed by atoms with Gasteiger partial charge >= 0.3 is 6.18 Å². The fourth-order valence-corrected chi connectivity index (χ4v) is 4.44. The van der Waals surface area contributed by atoms with Crippen LogP contribution in [0.4, 0.5) is 13.2 Å². The Balaban J connectivity index is 1.54. The Kier molecular flexibility index (Phi) is 5.99. The number of benzene rings is 1. The minimum Gasteiger partial charge on any atom is -0.484 e. The van der Waals surface area contributed by atoms with E-state index in [-0.39, 0.29) is 29.7 Å². The first-order valence-electron chi connectivity index (χ1n) is 9.58. The predicted molar refractivity (Wildman–Crippen MR) is 96.1 cm³/mol. The van der Waals surface area contributed by atoms with Gasteiger partial charge in [-0.1, -0.05) is 18.6 Å². The first-order valence-corrected chi connectivity index (χ1v) is 9.58. The smallest absolute Gasteiger partial charge is 0.422 e. The van der Waals surface area contributed by atoms with Crippen molar-refractivity contribution in [1.29, 1.82) is 0 Å². The molecule has 1 aromatic rings. The molecule has 4 nitrogen and oxygen atoms in total. The van der Waals surface area contributed by atoms with E-state index >= 15 is 0 Å². The summed E-state index contributed by atoms with van der Waals surface area (Å²) in [7, 11) is 0. The lowest BCUT2D eigenvalue weighted by Crippen LogP contribution is -2.49. The van der Waals surface area contributed by atoms with Gasteiger partial charge in [-0.2, -0.15) is 13.2 Å². The number of carbonyl (C=O) groups excluding carboxylic acids is 1. The number of carbonyl (C=O) groups is 1. The van der Waals surface area contributed by atoms with E-state index < -0.39 is 12.8 Å². The quantitative estimate of drug-likeness (QED) is 0.808. The number of alkyl halides is 3. The lowest BCUT2D eigenvalue weighted by molar-refractivity contribution is -0.153. The molecule has 0 aliphatic heterocycles. The summed E-state index contributed by atoms with van der Waals surface area (Å²) >= 11 is 0. The van der Waals surface area contributed by atoms with E-state index in [0.29, 0.717) is 11.8 Å². The SMILES string of the molecule is CC(NC(=O)C1CC2CCCC(C1)C2N)c1ccc(OCC(F)(F)F)cc1. The highest BCUT2D eigenvalue weighted by atomic mass is 19.4. The molecule has 2 aliphatic rings. The van der Waals surface area contributed by atoms with E-state index in [9.17, 15) is 18.0 Å². The van der Waals surface area contributed by atoms with Crippen molar-refractivity contribution >= 4 is 5.91 Å². The molecule has 1 amide bonds. The van der Waals surface area contributed by atoms with Crippen molar-refractivity contribution in [2.75, 3.05) is 6.61 Å². The van der Waals surface area contributed by atoms with E-state index in [2.05, 4.69) is 5.32 Å². The van der Waals surface area contributed by atoms with Gasteiger partial charge < -0.3 is 15.8 Å². The van der Waals surface area contributed by atoms with Crippen molar-refractivity contribution in [3.05, 3.63) is 29.8 Å². The summed E-state index contributed by atoms with van der Waals surface area (Å²) in [6, 6.07) is 6.36. The van der Waals surface area contributed by atoms with Gasteiger partial charge in [-0.25, -0.2) is 0 Å². The zero-order valence-electron chi connectivity index (χ0n) is 15.5. The Morgan fingerprint density at radius 3 is 2.37 bits per heavy atom. The van der Waals surface area contributed by atoms with Crippen LogP contribution in [0.1, 0.15) is 50.6 Å². The van der Waals surface area contributed by atoms with Crippen LogP contribution >= 0.6 is 0 Å². The van der Waals surface area contributed by atoms with Crippen LogP contribution in [0.2, 0.25) is 0 Å². The van der Waals surface area contributed by atoms with Crippen LogP contribution in [-0.2, 0) is 4.79 Å².